The minimum absolute atomic E-state index is 0.0635. The van der Waals surface area contributed by atoms with Crippen molar-refractivity contribution in [3.05, 3.63) is 28.2 Å². The zero-order chi connectivity index (χ0) is 14.6. The molecule has 0 spiro atoms. The third-order valence-corrected chi connectivity index (χ3v) is 5.29. The molecular weight excluding hydrogens is 332 g/mol. The topological polar surface area (TPSA) is 66.5 Å². The standard InChI is InChI=1S/C12H17BrN2O3S/c1-9-4-5-10(8-11(9)13)14-12(16)6-7-19(17,18)15(2)3/h4-5,8H,6-7H2,1-3H3,(H,14,16). The van der Waals surface area contributed by atoms with Gasteiger partial charge in [0, 0.05) is 30.7 Å². The van der Waals surface area contributed by atoms with Gasteiger partial charge in [0.25, 0.3) is 0 Å². The van der Waals surface area contributed by atoms with Crippen LogP contribution in [0.1, 0.15) is 12.0 Å². The van der Waals surface area contributed by atoms with E-state index in [0.717, 1.165) is 14.3 Å². The zero-order valence-electron chi connectivity index (χ0n) is 11.1. The van der Waals surface area contributed by atoms with Gasteiger partial charge in [0.2, 0.25) is 15.9 Å². The average molecular weight is 349 g/mol. The van der Waals surface area contributed by atoms with Crippen molar-refractivity contribution >= 4 is 37.5 Å². The van der Waals surface area contributed by atoms with E-state index in [4.69, 9.17) is 0 Å². The summed E-state index contributed by atoms with van der Waals surface area (Å²) >= 11 is 3.37. The van der Waals surface area contributed by atoms with E-state index in [-0.39, 0.29) is 18.1 Å². The molecule has 106 valence electrons. The van der Waals surface area contributed by atoms with Crippen LogP contribution < -0.4 is 5.32 Å². The van der Waals surface area contributed by atoms with Crippen molar-refractivity contribution in [2.75, 3.05) is 25.2 Å². The molecule has 0 aromatic heterocycles. The lowest BCUT2D eigenvalue weighted by molar-refractivity contribution is -0.115. The van der Waals surface area contributed by atoms with E-state index < -0.39 is 10.0 Å². The molecule has 7 heteroatoms. The molecule has 0 radical (unpaired) electrons. The molecule has 0 fully saturated rings. The highest BCUT2D eigenvalue weighted by Crippen LogP contribution is 2.20. The van der Waals surface area contributed by atoms with Crippen LogP contribution in [0, 0.1) is 6.92 Å². The lowest BCUT2D eigenvalue weighted by Gasteiger charge is -2.11. The quantitative estimate of drug-likeness (QED) is 0.884. The summed E-state index contributed by atoms with van der Waals surface area (Å²) < 4.78 is 25.1. The maximum atomic E-state index is 11.7. The molecule has 0 atom stereocenters. The van der Waals surface area contributed by atoms with Gasteiger partial charge >= 0.3 is 0 Å². The SMILES string of the molecule is Cc1ccc(NC(=O)CCS(=O)(=O)N(C)C)cc1Br. The van der Waals surface area contributed by atoms with Gasteiger partial charge in [0.1, 0.15) is 0 Å². The van der Waals surface area contributed by atoms with Crippen molar-refractivity contribution in [2.24, 2.45) is 0 Å². The molecule has 1 amide bonds. The Morgan fingerprint density at radius 3 is 2.53 bits per heavy atom. The third kappa shape index (κ3) is 4.93. The molecule has 19 heavy (non-hydrogen) atoms. The number of hydrogen-bond acceptors (Lipinski definition) is 3. The Morgan fingerprint density at radius 1 is 1.37 bits per heavy atom. The maximum absolute atomic E-state index is 11.7. The van der Waals surface area contributed by atoms with E-state index in [1.165, 1.54) is 14.1 Å². The molecule has 1 aromatic carbocycles. The lowest BCUT2D eigenvalue weighted by Crippen LogP contribution is -2.27. The predicted molar refractivity (Wildman–Crippen MR) is 79.6 cm³/mol. The van der Waals surface area contributed by atoms with Crippen LogP contribution in [0.15, 0.2) is 22.7 Å². The zero-order valence-corrected chi connectivity index (χ0v) is 13.5. The number of benzene rings is 1. The van der Waals surface area contributed by atoms with Crippen molar-refractivity contribution in [1.82, 2.24) is 4.31 Å². The number of sulfonamides is 1. The third-order valence-electron chi connectivity index (χ3n) is 2.60. The van der Waals surface area contributed by atoms with Crippen LogP contribution in [0.5, 0.6) is 0 Å². The van der Waals surface area contributed by atoms with Crippen LogP contribution in [0.4, 0.5) is 5.69 Å². The summed E-state index contributed by atoms with van der Waals surface area (Å²) in [6.45, 7) is 1.94. The van der Waals surface area contributed by atoms with Crippen LogP contribution in [0.2, 0.25) is 0 Å². The Kier molecular flexibility index (Phi) is 5.51. The number of rotatable bonds is 5. The molecule has 0 heterocycles. The average Bonchev–Trinajstić information content (AvgIpc) is 2.31. The van der Waals surface area contributed by atoms with E-state index >= 15 is 0 Å². The Hall–Kier alpha value is -0.920. The van der Waals surface area contributed by atoms with Gasteiger partial charge < -0.3 is 5.32 Å². The second kappa shape index (κ2) is 6.49. The summed E-state index contributed by atoms with van der Waals surface area (Å²) in [7, 11) is -0.440. The number of halogens is 1. The molecule has 1 N–H and O–H groups in total. The monoisotopic (exact) mass is 348 g/mol. The highest BCUT2D eigenvalue weighted by molar-refractivity contribution is 9.10. The molecule has 0 bridgehead atoms. The van der Waals surface area contributed by atoms with E-state index in [2.05, 4.69) is 21.2 Å². The fraction of sp³-hybridized carbons (Fsp3) is 0.417. The molecule has 0 aliphatic carbocycles. The second-order valence-corrected chi connectivity index (χ2v) is 7.52. The summed E-state index contributed by atoms with van der Waals surface area (Å²) in [5.41, 5.74) is 1.71. The minimum atomic E-state index is -3.34. The van der Waals surface area contributed by atoms with Gasteiger partial charge in [-0.2, -0.15) is 0 Å². The van der Waals surface area contributed by atoms with Crippen LogP contribution in [0.3, 0.4) is 0 Å². The molecule has 0 saturated heterocycles. The number of anilines is 1. The number of aryl methyl sites for hydroxylation is 1. The molecule has 1 aromatic rings. The first-order valence-corrected chi connectivity index (χ1v) is 8.09. The minimum Gasteiger partial charge on any atom is -0.326 e. The number of amides is 1. The highest BCUT2D eigenvalue weighted by atomic mass is 79.9. The first-order valence-electron chi connectivity index (χ1n) is 5.68. The fourth-order valence-corrected chi connectivity index (χ4v) is 2.49. The number of carbonyl (C=O) groups excluding carboxylic acids is 1. The van der Waals surface area contributed by atoms with Gasteiger partial charge in [-0.15, -0.1) is 0 Å². The van der Waals surface area contributed by atoms with E-state index in [0.29, 0.717) is 5.69 Å². The molecule has 5 nitrogen and oxygen atoms in total. The lowest BCUT2D eigenvalue weighted by atomic mass is 10.2. The smallest absolute Gasteiger partial charge is 0.225 e. The van der Waals surface area contributed by atoms with E-state index in [1.807, 2.05) is 13.0 Å². The Bertz CT molecular complexity index is 570. The summed E-state index contributed by atoms with van der Waals surface area (Å²) in [5, 5.41) is 2.67. The fourth-order valence-electron chi connectivity index (χ4n) is 1.30. The summed E-state index contributed by atoms with van der Waals surface area (Å²) in [4.78, 5) is 11.7. The molecule has 0 unspecified atom stereocenters. The number of nitrogens with one attached hydrogen (secondary N) is 1. The Labute approximate surface area is 122 Å². The predicted octanol–water partition coefficient (Wildman–Crippen LogP) is 1.98. The molecule has 1 rings (SSSR count). The maximum Gasteiger partial charge on any atom is 0.225 e. The van der Waals surface area contributed by atoms with Gasteiger partial charge in [0.15, 0.2) is 0 Å². The molecular formula is C12H17BrN2O3S. The summed E-state index contributed by atoms with van der Waals surface area (Å²) in [6, 6.07) is 5.43. The normalized spacial score (nSPS) is 11.6. The van der Waals surface area contributed by atoms with Crippen LogP contribution in [-0.2, 0) is 14.8 Å². The van der Waals surface area contributed by atoms with Crippen molar-refractivity contribution in [3.8, 4) is 0 Å². The van der Waals surface area contributed by atoms with Gasteiger partial charge in [-0.05, 0) is 24.6 Å². The van der Waals surface area contributed by atoms with E-state index in [1.54, 1.807) is 12.1 Å². The molecule has 0 saturated carbocycles. The van der Waals surface area contributed by atoms with Crippen molar-refractivity contribution in [3.63, 3.8) is 0 Å². The molecule has 0 aliphatic rings. The van der Waals surface area contributed by atoms with Gasteiger partial charge in [-0.1, -0.05) is 22.0 Å². The van der Waals surface area contributed by atoms with E-state index in [9.17, 15) is 13.2 Å². The molecule has 0 aliphatic heterocycles. The van der Waals surface area contributed by atoms with Gasteiger partial charge in [0.05, 0.1) is 5.75 Å². The van der Waals surface area contributed by atoms with Crippen molar-refractivity contribution < 1.29 is 13.2 Å². The largest absolute Gasteiger partial charge is 0.326 e. The van der Waals surface area contributed by atoms with Crippen LogP contribution in [-0.4, -0.2) is 38.5 Å². The number of nitrogens with zero attached hydrogens (tertiary/aromatic N) is 1. The Balaban J connectivity index is 2.59. The summed E-state index contributed by atoms with van der Waals surface area (Å²) in [5.74, 6) is -0.514. The number of carbonyl (C=O) groups is 1. The van der Waals surface area contributed by atoms with Crippen molar-refractivity contribution in [2.45, 2.75) is 13.3 Å². The van der Waals surface area contributed by atoms with Crippen LogP contribution in [0.25, 0.3) is 0 Å². The van der Waals surface area contributed by atoms with Crippen LogP contribution >= 0.6 is 15.9 Å². The first-order chi connectivity index (χ1) is 8.72. The summed E-state index contributed by atoms with van der Waals surface area (Å²) in [6.07, 6.45) is -0.0635. The Morgan fingerprint density at radius 2 is 2.00 bits per heavy atom. The number of hydrogen-bond donors (Lipinski definition) is 1. The van der Waals surface area contributed by atoms with Crippen molar-refractivity contribution in [1.29, 1.82) is 0 Å². The van der Waals surface area contributed by atoms with Gasteiger partial charge in [-0.3, -0.25) is 4.79 Å². The van der Waals surface area contributed by atoms with Gasteiger partial charge in [-0.25, -0.2) is 12.7 Å². The highest BCUT2D eigenvalue weighted by Gasteiger charge is 2.15. The second-order valence-electron chi connectivity index (χ2n) is 4.36. The first kappa shape index (κ1) is 16.1.